The normalized spacial score (nSPS) is 14.1. The molecule has 1 aromatic carbocycles. The highest BCUT2D eigenvalue weighted by molar-refractivity contribution is 8.00. The van der Waals surface area contributed by atoms with Crippen LogP contribution in [0.15, 0.2) is 28.3 Å². The lowest BCUT2D eigenvalue weighted by atomic mass is 10.1. The molecule has 0 aliphatic carbocycles. The van der Waals surface area contributed by atoms with Crippen LogP contribution in [0, 0.1) is 5.92 Å². The number of nitrogens with two attached hydrogens (primary N) is 1. The van der Waals surface area contributed by atoms with E-state index in [0.29, 0.717) is 21.8 Å². The van der Waals surface area contributed by atoms with Crippen molar-refractivity contribution in [2.45, 2.75) is 30.9 Å². The van der Waals surface area contributed by atoms with Crippen molar-refractivity contribution in [1.29, 1.82) is 0 Å². The van der Waals surface area contributed by atoms with Crippen molar-refractivity contribution in [2.24, 2.45) is 16.8 Å². The zero-order valence-electron chi connectivity index (χ0n) is 10.1. The molecule has 0 bridgehead atoms. The first-order valence-corrected chi connectivity index (χ1v) is 6.66. The van der Waals surface area contributed by atoms with E-state index in [1.165, 1.54) is 0 Å². The summed E-state index contributed by atoms with van der Waals surface area (Å²) in [5.74, 6) is 0.591. The van der Waals surface area contributed by atoms with Crippen molar-refractivity contribution in [3.8, 4) is 0 Å². The average Bonchev–Trinajstić information content (AvgIpc) is 2.28. The fourth-order valence-electron chi connectivity index (χ4n) is 1.24. The van der Waals surface area contributed by atoms with Gasteiger partial charge in [0.05, 0.1) is 10.6 Å². The van der Waals surface area contributed by atoms with Gasteiger partial charge < -0.3 is 10.9 Å². The molecule has 17 heavy (non-hydrogen) atoms. The van der Waals surface area contributed by atoms with Crippen LogP contribution in [0.25, 0.3) is 0 Å². The van der Waals surface area contributed by atoms with Gasteiger partial charge in [-0.3, -0.25) is 0 Å². The number of amidine groups is 1. The van der Waals surface area contributed by atoms with Gasteiger partial charge in [-0.2, -0.15) is 0 Å². The Labute approximate surface area is 111 Å². The Morgan fingerprint density at radius 3 is 2.59 bits per heavy atom. The van der Waals surface area contributed by atoms with Gasteiger partial charge in [0, 0.05) is 10.1 Å². The summed E-state index contributed by atoms with van der Waals surface area (Å²) in [5, 5.41) is 12.7. The van der Waals surface area contributed by atoms with Gasteiger partial charge in [0.25, 0.3) is 0 Å². The van der Waals surface area contributed by atoms with E-state index < -0.39 is 0 Å². The van der Waals surface area contributed by atoms with E-state index in [9.17, 15) is 0 Å². The third-order valence-electron chi connectivity index (χ3n) is 2.59. The van der Waals surface area contributed by atoms with Gasteiger partial charge in [-0.1, -0.05) is 43.6 Å². The topological polar surface area (TPSA) is 58.6 Å². The van der Waals surface area contributed by atoms with Crippen molar-refractivity contribution in [2.75, 3.05) is 0 Å². The molecule has 1 rings (SSSR count). The van der Waals surface area contributed by atoms with E-state index in [1.54, 1.807) is 17.8 Å². The molecule has 0 radical (unpaired) electrons. The molecule has 1 unspecified atom stereocenters. The van der Waals surface area contributed by atoms with Gasteiger partial charge >= 0.3 is 0 Å². The molecule has 0 spiro atoms. The first kappa shape index (κ1) is 14.2. The van der Waals surface area contributed by atoms with Crippen LogP contribution < -0.4 is 5.73 Å². The lowest BCUT2D eigenvalue weighted by molar-refractivity contribution is 0.318. The van der Waals surface area contributed by atoms with Gasteiger partial charge in [0.1, 0.15) is 0 Å². The predicted molar refractivity (Wildman–Crippen MR) is 74.1 cm³/mol. The van der Waals surface area contributed by atoms with Crippen LogP contribution in [0.2, 0.25) is 5.02 Å². The molecule has 5 heteroatoms. The third kappa shape index (κ3) is 3.54. The molecule has 0 amide bonds. The Hall–Kier alpha value is -0.870. The summed E-state index contributed by atoms with van der Waals surface area (Å²) in [4.78, 5) is 0.939. The quantitative estimate of drug-likeness (QED) is 0.290. The number of oxime groups is 1. The molecule has 3 N–H and O–H groups in total. The molecule has 0 heterocycles. The second-order valence-electron chi connectivity index (χ2n) is 4.17. The maximum Gasteiger partial charge on any atom is 0.172 e. The molecule has 0 aromatic heterocycles. The number of benzene rings is 1. The lowest BCUT2D eigenvalue weighted by Crippen LogP contribution is -2.16. The highest BCUT2D eigenvalue weighted by Crippen LogP contribution is 2.33. The summed E-state index contributed by atoms with van der Waals surface area (Å²) in [6.07, 6.45) is 0. The van der Waals surface area contributed by atoms with Crippen LogP contribution in [0.4, 0.5) is 0 Å². The standard InChI is InChI=1S/C12H17ClN2OS/c1-7(2)8(3)17-10-6-4-5-9(13)11(10)12(14)15-16/h4-8,16H,1-3H3,(H2,14,15). The lowest BCUT2D eigenvalue weighted by Gasteiger charge is -2.17. The number of nitrogens with zero attached hydrogens (tertiary/aromatic N) is 1. The second-order valence-corrected chi connectivity index (χ2v) is 5.99. The van der Waals surface area contributed by atoms with Gasteiger partial charge in [-0.15, -0.1) is 11.8 Å². The van der Waals surface area contributed by atoms with Crippen LogP contribution in [-0.4, -0.2) is 16.3 Å². The van der Waals surface area contributed by atoms with E-state index >= 15 is 0 Å². The summed E-state index contributed by atoms with van der Waals surface area (Å²) < 4.78 is 0. The van der Waals surface area contributed by atoms with Crippen LogP contribution in [0.1, 0.15) is 26.3 Å². The largest absolute Gasteiger partial charge is 0.409 e. The Morgan fingerprint density at radius 2 is 2.06 bits per heavy atom. The number of halogens is 1. The summed E-state index contributed by atoms with van der Waals surface area (Å²) in [7, 11) is 0. The van der Waals surface area contributed by atoms with Crippen LogP contribution >= 0.6 is 23.4 Å². The molecule has 94 valence electrons. The molecule has 1 atom stereocenters. The summed E-state index contributed by atoms with van der Waals surface area (Å²) >= 11 is 7.76. The van der Waals surface area contributed by atoms with Gasteiger partial charge in [-0.05, 0) is 18.1 Å². The minimum Gasteiger partial charge on any atom is -0.409 e. The van der Waals surface area contributed by atoms with E-state index in [2.05, 4.69) is 25.9 Å². The Kier molecular flexibility index (Phi) is 5.15. The second kappa shape index (κ2) is 6.17. The van der Waals surface area contributed by atoms with Gasteiger partial charge in [0.15, 0.2) is 5.84 Å². The maximum atomic E-state index is 8.78. The fourth-order valence-corrected chi connectivity index (χ4v) is 2.73. The van der Waals surface area contributed by atoms with Gasteiger partial charge in [0.2, 0.25) is 0 Å². The Bertz CT molecular complexity index is 421. The Balaban J connectivity index is 3.11. The fraction of sp³-hybridized carbons (Fsp3) is 0.417. The molecule has 0 aliphatic rings. The molecule has 0 saturated carbocycles. The molecule has 0 fully saturated rings. The van der Waals surface area contributed by atoms with Crippen molar-refractivity contribution in [3.63, 3.8) is 0 Å². The molecule has 0 saturated heterocycles. The first-order valence-electron chi connectivity index (χ1n) is 5.40. The van der Waals surface area contributed by atoms with Crippen LogP contribution in [0.3, 0.4) is 0 Å². The van der Waals surface area contributed by atoms with Crippen LogP contribution in [0.5, 0.6) is 0 Å². The molecule has 1 aromatic rings. The summed E-state index contributed by atoms with van der Waals surface area (Å²) in [6, 6.07) is 5.54. The van der Waals surface area contributed by atoms with Crippen molar-refractivity contribution in [1.82, 2.24) is 0 Å². The van der Waals surface area contributed by atoms with Crippen molar-refractivity contribution in [3.05, 3.63) is 28.8 Å². The Morgan fingerprint density at radius 1 is 1.41 bits per heavy atom. The van der Waals surface area contributed by atoms with Crippen molar-refractivity contribution >= 4 is 29.2 Å². The minimum absolute atomic E-state index is 0.0501. The predicted octanol–water partition coefficient (Wildman–Crippen LogP) is 3.57. The highest BCUT2D eigenvalue weighted by Gasteiger charge is 2.16. The van der Waals surface area contributed by atoms with Crippen molar-refractivity contribution < 1.29 is 5.21 Å². The molecule has 3 nitrogen and oxygen atoms in total. The number of hydrogen-bond donors (Lipinski definition) is 2. The minimum atomic E-state index is 0.0501. The van der Waals surface area contributed by atoms with Gasteiger partial charge in [-0.25, -0.2) is 0 Å². The zero-order valence-corrected chi connectivity index (χ0v) is 11.7. The highest BCUT2D eigenvalue weighted by atomic mass is 35.5. The number of thioether (sulfide) groups is 1. The molecule has 0 aliphatic heterocycles. The average molecular weight is 273 g/mol. The van der Waals surface area contributed by atoms with E-state index in [1.807, 2.05) is 12.1 Å². The first-order chi connectivity index (χ1) is 7.97. The SMILES string of the molecule is CC(C)C(C)Sc1cccc(Cl)c1/C(N)=N/O. The smallest absolute Gasteiger partial charge is 0.172 e. The molecular formula is C12H17ClN2OS. The third-order valence-corrected chi connectivity index (χ3v) is 4.42. The maximum absolute atomic E-state index is 8.78. The van der Waals surface area contributed by atoms with E-state index in [4.69, 9.17) is 22.5 Å². The zero-order chi connectivity index (χ0) is 13.0. The van der Waals surface area contributed by atoms with Crippen LogP contribution in [-0.2, 0) is 0 Å². The van der Waals surface area contributed by atoms with E-state index in [0.717, 1.165) is 4.90 Å². The number of hydrogen-bond acceptors (Lipinski definition) is 3. The summed E-state index contributed by atoms with van der Waals surface area (Å²) in [5.41, 5.74) is 6.26. The number of rotatable bonds is 4. The monoisotopic (exact) mass is 272 g/mol. The van der Waals surface area contributed by atoms with E-state index in [-0.39, 0.29) is 5.84 Å². The summed E-state index contributed by atoms with van der Waals surface area (Å²) in [6.45, 7) is 6.46. The molecular weight excluding hydrogens is 256 g/mol.